The van der Waals surface area contributed by atoms with E-state index in [0.29, 0.717) is 13.1 Å². The van der Waals surface area contributed by atoms with Crippen molar-refractivity contribution < 1.29 is 8.42 Å². The Bertz CT molecular complexity index is 202. The first-order valence-electron chi connectivity index (χ1n) is 4.80. The quantitative estimate of drug-likeness (QED) is 0.565. The van der Waals surface area contributed by atoms with E-state index in [0.717, 1.165) is 19.4 Å². The van der Waals surface area contributed by atoms with Crippen LogP contribution in [0.5, 0.6) is 0 Å². The molecule has 0 saturated heterocycles. The van der Waals surface area contributed by atoms with Crippen LogP contribution >= 0.6 is 0 Å². The standard InChI is InChI=1S/C8H20N2O2S/c1-3-5-8-13(11,12)10-7-6-9-4-2/h9-10H,3-8H2,1-2H3. The maximum Gasteiger partial charge on any atom is 0.211 e. The number of sulfonamides is 1. The van der Waals surface area contributed by atoms with E-state index in [2.05, 4.69) is 10.0 Å². The van der Waals surface area contributed by atoms with Gasteiger partial charge in [-0.2, -0.15) is 0 Å². The molecule has 0 aliphatic rings. The SMILES string of the molecule is CCCCS(=O)(=O)NCCNCC. The second-order valence-corrected chi connectivity index (χ2v) is 4.85. The number of unbranched alkanes of at least 4 members (excludes halogenated alkanes) is 1. The minimum atomic E-state index is -3.01. The van der Waals surface area contributed by atoms with Crippen LogP contribution in [0.1, 0.15) is 26.7 Å². The molecule has 0 rings (SSSR count). The normalized spacial score (nSPS) is 11.8. The van der Waals surface area contributed by atoms with Crippen LogP contribution in [0.15, 0.2) is 0 Å². The summed E-state index contributed by atoms with van der Waals surface area (Å²) >= 11 is 0. The summed E-state index contributed by atoms with van der Waals surface area (Å²) in [6, 6.07) is 0. The number of hydrogen-bond donors (Lipinski definition) is 2. The minimum Gasteiger partial charge on any atom is -0.316 e. The van der Waals surface area contributed by atoms with E-state index in [1.165, 1.54) is 0 Å². The van der Waals surface area contributed by atoms with Crippen LogP contribution in [0.3, 0.4) is 0 Å². The molecule has 0 amide bonds. The van der Waals surface area contributed by atoms with Gasteiger partial charge in [-0.05, 0) is 13.0 Å². The molecule has 0 spiro atoms. The van der Waals surface area contributed by atoms with Crippen LogP contribution in [0, 0.1) is 0 Å². The van der Waals surface area contributed by atoms with Gasteiger partial charge in [0.15, 0.2) is 0 Å². The molecule has 13 heavy (non-hydrogen) atoms. The van der Waals surface area contributed by atoms with Crippen LogP contribution in [0.25, 0.3) is 0 Å². The topological polar surface area (TPSA) is 58.2 Å². The van der Waals surface area contributed by atoms with Gasteiger partial charge in [0.1, 0.15) is 0 Å². The molecule has 0 heterocycles. The Morgan fingerprint density at radius 1 is 1.15 bits per heavy atom. The van der Waals surface area contributed by atoms with Crippen LogP contribution in [-0.4, -0.2) is 33.8 Å². The van der Waals surface area contributed by atoms with Crippen LogP contribution in [0.4, 0.5) is 0 Å². The van der Waals surface area contributed by atoms with E-state index < -0.39 is 10.0 Å². The predicted molar refractivity (Wildman–Crippen MR) is 55.2 cm³/mol. The van der Waals surface area contributed by atoms with Crippen molar-refractivity contribution in [2.45, 2.75) is 26.7 Å². The fraction of sp³-hybridized carbons (Fsp3) is 1.00. The summed E-state index contributed by atoms with van der Waals surface area (Å²) in [5, 5.41) is 3.05. The van der Waals surface area contributed by atoms with E-state index in [1.54, 1.807) is 0 Å². The van der Waals surface area contributed by atoms with Crippen molar-refractivity contribution in [3.05, 3.63) is 0 Å². The Labute approximate surface area is 81.2 Å². The molecule has 0 unspecified atom stereocenters. The van der Waals surface area contributed by atoms with Gasteiger partial charge in [0, 0.05) is 13.1 Å². The highest BCUT2D eigenvalue weighted by molar-refractivity contribution is 7.89. The Morgan fingerprint density at radius 3 is 2.38 bits per heavy atom. The molecule has 0 aromatic heterocycles. The Kier molecular flexibility index (Phi) is 7.22. The zero-order chi connectivity index (χ0) is 10.2. The largest absolute Gasteiger partial charge is 0.316 e. The van der Waals surface area contributed by atoms with E-state index >= 15 is 0 Å². The number of likely N-dealkylation sites (N-methyl/N-ethyl adjacent to an activating group) is 1. The van der Waals surface area contributed by atoms with Crippen molar-refractivity contribution >= 4 is 10.0 Å². The van der Waals surface area contributed by atoms with Gasteiger partial charge in [0.25, 0.3) is 0 Å². The summed E-state index contributed by atoms with van der Waals surface area (Å²) in [4.78, 5) is 0. The van der Waals surface area contributed by atoms with Gasteiger partial charge in [0.2, 0.25) is 10.0 Å². The third-order valence-electron chi connectivity index (χ3n) is 1.64. The van der Waals surface area contributed by atoms with Crippen LogP contribution < -0.4 is 10.0 Å². The first kappa shape index (κ1) is 12.9. The first-order chi connectivity index (χ1) is 6.12. The molecule has 0 atom stereocenters. The molecule has 0 aromatic rings. The fourth-order valence-corrected chi connectivity index (χ4v) is 2.10. The van der Waals surface area contributed by atoms with Crippen molar-refractivity contribution in [1.29, 1.82) is 0 Å². The maximum atomic E-state index is 11.2. The molecule has 0 aromatic carbocycles. The van der Waals surface area contributed by atoms with Gasteiger partial charge < -0.3 is 5.32 Å². The third-order valence-corrected chi connectivity index (χ3v) is 3.11. The molecule has 5 heteroatoms. The van der Waals surface area contributed by atoms with Crippen molar-refractivity contribution in [1.82, 2.24) is 10.0 Å². The Morgan fingerprint density at radius 2 is 1.85 bits per heavy atom. The van der Waals surface area contributed by atoms with Gasteiger partial charge in [-0.1, -0.05) is 20.3 Å². The molecule has 0 aliphatic heterocycles. The van der Waals surface area contributed by atoms with Gasteiger partial charge >= 0.3 is 0 Å². The summed E-state index contributed by atoms with van der Waals surface area (Å²) in [6.07, 6.45) is 1.64. The zero-order valence-corrected chi connectivity index (χ0v) is 9.28. The lowest BCUT2D eigenvalue weighted by Gasteiger charge is -2.05. The summed E-state index contributed by atoms with van der Waals surface area (Å²) in [5.41, 5.74) is 0. The highest BCUT2D eigenvalue weighted by Gasteiger charge is 2.06. The molecule has 0 saturated carbocycles. The number of nitrogens with one attached hydrogen (secondary N) is 2. The second-order valence-electron chi connectivity index (χ2n) is 2.92. The van der Waals surface area contributed by atoms with E-state index in [9.17, 15) is 8.42 Å². The first-order valence-corrected chi connectivity index (χ1v) is 6.45. The van der Waals surface area contributed by atoms with Crippen molar-refractivity contribution in [3.63, 3.8) is 0 Å². The van der Waals surface area contributed by atoms with Gasteiger partial charge in [-0.15, -0.1) is 0 Å². The van der Waals surface area contributed by atoms with Crippen molar-refractivity contribution in [3.8, 4) is 0 Å². The van der Waals surface area contributed by atoms with Gasteiger partial charge in [0.05, 0.1) is 5.75 Å². The average molecular weight is 208 g/mol. The van der Waals surface area contributed by atoms with Crippen molar-refractivity contribution in [2.24, 2.45) is 0 Å². The Balaban J connectivity index is 3.52. The van der Waals surface area contributed by atoms with E-state index in [-0.39, 0.29) is 5.75 Å². The lowest BCUT2D eigenvalue weighted by atomic mass is 10.4. The van der Waals surface area contributed by atoms with Gasteiger partial charge in [-0.25, -0.2) is 13.1 Å². The van der Waals surface area contributed by atoms with Crippen molar-refractivity contribution in [2.75, 3.05) is 25.4 Å². The minimum absolute atomic E-state index is 0.246. The maximum absolute atomic E-state index is 11.2. The molecular weight excluding hydrogens is 188 g/mol. The van der Waals surface area contributed by atoms with E-state index in [1.807, 2.05) is 13.8 Å². The van der Waals surface area contributed by atoms with Gasteiger partial charge in [-0.3, -0.25) is 0 Å². The molecular formula is C8H20N2O2S. The second kappa shape index (κ2) is 7.29. The lowest BCUT2D eigenvalue weighted by Crippen LogP contribution is -2.33. The zero-order valence-electron chi connectivity index (χ0n) is 8.47. The molecule has 0 fully saturated rings. The summed E-state index contributed by atoms with van der Waals surface area (Å²) in [7, 11) is -3.01. The molecule has 0 bridgehead atoms. The molecule has 0 radical (unpaired) electrons. The highest BCUT2D eigenvalue weighted by Crippen LogP contribution is 1.92. The average Bonchev–Trinajstić information content (AvgIpc) is 2.09. The fourth-order valence-electron chi connectivity index (χ4n) is 0.878. The van der Waals surface area contributed by atoms with Crippen LogP contribution in [0.2, 0.25) is 0 Å². The smallest absolute Gasteiger partial charge is 0.211 e. The Hall–Kier alpha value is -0.130. The molecule has 0 aliphatic carbocycles. The molecule has 2 N–H and O–H groups in total. The monoisotopic (exact) mass is 208 g/mol. The van der Waals surface area contributed by atoms with E-state index in [4.69, 9.17) is 0 Å². The number of hydrogen-bond acceptors (Lipinski definition) is 3. The lowest BCUT2D eigenvalue weighted by molar-refractivity contribution is 0.574. The highest BCUT2D eigenvalue weighted by atomic mass is 32.2. The number of rotatable bonds is 8. The summed E-state index contributed by atoms with van der Waals surface area (Å²) < 4.78 is 25.0. The third kappa shape index (κ3) is 8.21. The summed E-state index contributed by atoms with van der Waals surface area (Å²) in [6.45, 7) is 6.03. The molecule has 80 valence electrons. The summed E-state index contributed by atoms with van der Waals surface area (Å²) in [5.74, 6) is 0.246. The molecule has 4 nitrogen and oxygen atoms in total. The predicted octanol–water partition coefficient (Wildman–Crippen LogP) is 0.315. The van der Waals surface area contributed by atoms with Crippen LogP contribution in [-0.2, 0) is 10.0 Å².